The van der Waals surface area contributed by atoms with E-state index >= 15 is 0 Å². The molecule has 1 N–H and O–H groups in total. The smallest absolute Gasteiger partial charge is 0.335 e. The molecule has 0 saturated carbocycles. The van der Waals surface area contributed by atoms with Gasteiger partial charge in [0.15, 0.2) is 0 Å². The molecule has 0 spiro atoms. The van der Waals surface area contributed by atoms with Crippen molar-refractivity contribution in [1.82, 2.24) is 4.98 Å². The Morgan fingerprint density at radius 3 is 2.41 bits per heavy atom. The Morgan fingerprint density at radius 2 is 1.88 bits per heavy atom. The number of nitrogens with zero attached hydrogens (tertiary/aromatic N) is 1. The predicted molar refractivity (Wildman–Crippen MR) is 66.8 cm³/mol. The van der Waals surface area contributed by atoms with E-state index in [1.165, 1.54) is 11.8 Å². The van der Waals surface area contributed by atoms with Crippen molar-refractivity contribution in [1.29, 1.82) is 0 Å². The lowest BCUT2D eigenvalue weighted by atomic mass is 10.2. The van der Waals surface area contributed by atoms with Crippen LogP contribution in [0.4, 0.5) is 0 Å². The molecule has 86 valence electrons. The second kappa shape index (κ2) is 5.21. The van der Waals surface area contributed by atoms with Crippen LogP contribution in [0, 0.1) is 0 Å². The van der Waals surface area contributed by atoms with Crippen molar-refractivity contribution in [3.63, 3.8) is 0 Å². The number of rotatable bonds is 3. The van der Waals surface area contributed by atoms with Crippen molar-refractivity contribution in [3.8, 4) is 0 Å². The molecule has 0 atom stereocenters. The summed E-state index contributed by atoms with van der Waals surface area (Å²) >= 11 is 7.19. The van der Waals surface area contributed by atoms with Gasteiger partial charge in [0.25, 0.3) is 0 Å². The summed E-state index contributed by atoms with van der Waals surface area (Å²) in [6.07, 6.45) is 1.58. The van der Waals surface area contributed by atoms with Crippen LogP contribution in [0.5, 0.6) is 0 Å². The number of aromatic carboxylic acids is 1. The van der Waals surface area contributed by atoms with Gasteiger partial charge in [-0.05, 0) is 36.4 Å². The summed E-state index contributed by atoms with van der Waals surface area (Å²) in [5, 5.41) is 10.2. The Bertz CT molecular complexity index is 525. The Morgan fingerprint density at radius 1 is 1.18 bits per heavy atom. The van der Waals surface area contributed by atoms with Gasteiger partial charge in [-0.2, -0.15) is 0 Å². The molecule has 1 heterocycles. The number of hydrogen-bond acceptors (Lipinski definition) is 3. The molecule has 0 bridgehead atoms. The van der Waals surface area contributed by atoms with Crippen LogP contribution in [0.1, 0.15) is 10.4 Å². The Labute approximate surface area is 107 Å². The third-order valence-corrected chi connectivity index (χ3v) is 3.21. The number of aromatic nitrogens is 1. The normalized spacial score (nSPS) is 10.2. The average Bonchev–Trinajstić information content (AvgIpc) is 2.33. The van der Waals surface area contributed by atoms with Gasteiger partial charge < -0.3 is 5.11 Å². The van der Waals surface area contributed by atoms with Crippen molar-refractivity contribution in [2.45, 2.75) is 9.92 Å². The molecule has 0 unspecified atom stereocenters. The molecule has 0 aliphatic rings. The second-order valence-corrected chi connectivity index (χ2v) is 4.78. The number of carboxylic acid groups (broad SMARTS) is 1. The molecule has 0 saturated heterocycles. The molecule has 1 aromatic carbocycles. The molecule has 3 nitrogen and oxygen atoms in total. The molecule has 0 radical (unpaired) electrons. The average molecular weight is 266 g/mol. The van der Waals surface area contributed by atoms with Crippen LogP contribution in [0.2, 0.25) is 5.02 Å². The molecule has 17 heavy (non-hydrogen) atoms. The summed E-state index contributed by atoms with van der Waals surface area (Å²) < 4.78 is 0. The third-order valence-electron chi connectivity index (χ3n) is 2.02. The molecule has 2 aromatic rings. The molecule has 1 aromatic heterocycles. The fraction of sp³-hybridized carbons (Fsp3) is 0. The van der Waals surface area contributed by atoms with Gasteiger partial charge in [-0.1, -0.05) is 23.4 Å². The van der Waals surface area contributed by atoms with Crippen LogP contribution in [0.25, 0.3) is 0 Å². The first-order chi connectivity index (χ1) is 8.15. The van der Waals surface area contributed by atoms with Crippen molar-refractivity contribution in [3.05, 3.63) is 53.2 Å². The highest BCUT2D eigenvalue weighted by Gasteiger charge is 2.03. The summed E-state index contributed by atoms with van der Waals surface area (Å²) in [6, 6.07) is 10.2. The topological polar surface area (TPSA) is 50.2 Å². The predicted octanol–water partition coefficient (Wildman–Crippen LogP) is 3.58. The van der Waals surface area contributed by atoms with Crippen LogP contribution in [-0.4, -0.2) is 16.1 Å². The lowest BCUT2D eigenvalue weighted by Crippen LogP contribution is -1.94. The maximum absolute atomic E-state index is 10.7. The SMILES string of the molecule is O=C(O)c1ccc(Sc2ccc(Cl)cn2)cc1. The van der Waals surface area contributed by atoms with Crippen molar-refractivity contribution < 1.29 is 9.90 Å². The second-order valence-electron chi connectivity index (χ2n) is 3.25. The largest absolute Gasteiger partial charge is 0.478 e. The van der Waals surface area contributed by atoms with Gasteiger partial charge in [0.05, 0.1) is 10.6 Å². The van der Waals surface area contributed by atoms with E-state index < -0.39 is 5.97 Å². The number of carboxylic acids is 1. The molecule has 2 rings (SSSR count). The molecular weight excluding hydrogens is 258 g/mol. The van der Waals surface area contributed by atoms with Gasteiger partial charge in [-0.25, -0.2) is 9.78 Å². The zero-order valence-corrected chi connectivity index (χ0v) is 10.2. The quantitative estimate of drug-likeness (QED) is 0.921. The van der Waals surface area contributed by atoms with Crippen LogP contribution < -0.4 is 0 Å². The van der Waals surface area contributed by atoms with E-state index in [2.05, 4.69) is 4.98 Å². The molecule has 0 amide bonds. The maximum atomic E-state index is 10.7. The van der Waals surface area contributed by atoms with Crippen LogP contribution >= 0.6 is 23.4 Å². The van der Waals surface area contributed by atoms with Crippen LogP contribution in [-0.2, 0) is 0 Å². The van der Waals surface area contributed by atoms with Gasteiger partial charge in [0.1, 0.15) is 5.03 Å². The summed E-state index contributed by atoms with van der Waals surface area (Å²) in [6.45, 7) is 0. The van der Waals surface area contributed by atoms with Gasteiger partial charge in [0.2, 0.25) is 0 Å². The summed E-state index contributed by atoms with van der Waals surface area (Å²) in [5.41, 5.74) is 0.276. The van der Waals surface area contributed by atoms with Gasteiger partial charge in [-0.3, -0.25) is 0 Å². The first kappa shape index (κ1) is 12.0. The third kappa shape index (κ3) is 3.22. The fourth-order valence-corrected chi connectivity index (χ4v) is 2.08. The molecular formula is C12H8ClNO2S. The Balaban J connectivity index is 2.13. The Hall–Kier alpha value is -1.52. The Kier molecular flexibility index (Phi) is 3.66. The standard InChI is InChI=1S/C12H8ClNO2S/c13-9-3-6-11(14-7-9)17-10-4-1-8(2-5-10)12(15)16/h1-7H,(H,15,16). The molecule has 0 aliphatic heterocycles. The van der Waals surface area contributed by atoms with Crippen molar-refractivity contribution in [2.75, 3.05) is 0 Å². The fourth-order valence-electron chi connectivity index (χ4n) is 1.21. The lowest BCUT2D eigenvalue weighted by Gasteiger charge is -2.01. The molecule has 5 heteroatoms. The molecule has 0 aliphatic carbocycles. The van der Waals surface area contributed by atoms with Crippen molar-refractivity contribution >= 4 is 29.3 Å². The number of benzene rings is 1. The van der Waals surface area contributed by atoms with Gasteiger partial charge in [-0.15, -0.1) is 0 Å². The van der Waals surface area contributed by atoms with Crippen LogP contribution in [0.15, 0.2) is 52.5 Å². The maximum Gasteiger partial charge on any atom is 0.335 e. The number of halogens is 1. The van der Waals surface area contributed by atoms with E-state index in [1.54, 1.807) is 36.5 Å². The molecule has 0 fully saturated rings. The van der Waals surface area contributed by atoms with E-state index in [0.29, 0.717) is 5.02 Å². The first-order valence-electron chi connectivity index (χ1n) is 4.78. The summed E-state index contributed by atoms with van der Waals surface area (Å²) in [5.74, 6) is -0.925. The zero-order valence-electron chi connectivity index (χ0n) is 8.63. The summed E-state index contributed by atoms with van der Waals surface area (Å²) in [4.78, 5) is 15.8. The minimum absolute atomic E-state index is 0.276. The van der Waals surface area contributed by atoms with E-state index in [9.17, 15) is 4.79 Å². The highest BCUT2D eigenvalue weighted by Crippen LogP contribution is 2.26. The van der Waals surface area contributed by atoms with E-state index in [1.807, 2.05) is 6.07 Å². The number of hydrogen-bond donors (Lipinski definition) is 1. The summed E-state index contributed by atoms with van der Waals surface area (Å²) in [7, 11) is 0. The monoisotopic (exact) mass is 265 g/mol. The minimum Gasteiger partial charge on any atom is -0.478 e. The van der Waals surface area contributed by atoms with Crippen LogP contribution in [0.3, 0.4) is 0 Å². The first-order valence-corrected chi connectivity index (χ1v) is 5.97. The minimum atomic E-state index is -0.925. The van der Waals surface area contributed by atoms with Gasteiger partial charge >= 0.3 is 5.97 Å². The number of carbonyl (C=O) groups is 1. The zero-order chi connectivity index (χ0) is 12.3. The van der Waals surface area contributed by atoms with E-state index in [4.69, 9.17) is 16.7 Å². The van der Waals surface area contributed by atoms with E-state index in [-0.39, 0.29) is 5.56 Å². The highest BCUT2D eigenvalue weighted by atomic mass is 35.5. The number of pyridine rings is 1. The van der Waals surface area contributed by atoms with Gasteiger partial charge in [0, 0.05) is 11.1 Å². The van der Waals surface area contributed by atoms with E-state index in [0.717, 1.165) is 9.92 Å². The van der Waals surface area contributed by atoms with Crippen molar-refractivity contribution in [2.24, 2.45) is 0 Å². The highest BCUT2D eigenvalue weighted by molar-refractivity contribution is 7.99. The lowest BCUT2D eigenvalue weighted by molar-refractivity contribution is 0.0697.